The number of carbonyl (C=O) groups excluding carboxylic acids is 1. The molecule has 2 aromatic carbocycles. The number of rotatable bonds is 7. The molecular formula is C20H22N2O9S2. The molecule has 0 fully saturated rings. The van der Waals surface area contributed by atoms with Gasteiger partial charge in [-0.15, -0.1) is 0 Å². The van der Waals surface area contributed by atoms with Gasteiger partial charge >= 0.3 is 0 Å². The highest BCUT2D eigenvalue weighted by molar-refractivity contribution is 7.89. The second kappa shape index (κ2) is 8.08. The topological polar surface area (TPSA) is 164 Å². The first-order chi connectivity index (χ1) is 15.1. The van der Waals surface area contributed by atoms with Crippen molar-refractivity contribution >= 4 is 37.8 Å². The summed E-state index contributed by atoms with van der Waals surface area (Å²) in [6.45, 7) is 4.67. The lowest BCUT2D eigenvalue weighted by Gasteiger charge is -2.27. The molecule has 0 radical (unpaired) electrons. The summed E-state index contributed by atoms with van der Waals surface area (Å²) < 4.78 is 62.9. The minimum atomic E-state index is -4.53. The van der Waals surface area contributed by atoms with Gasteiger partial charge in [0.2, 0.25) is 15.5 Å². The van der Waals surface area contributed by atoms with Crippen molar-refractivity contribution in [2.45, 2.75) is 31.1 Å². The van der Waals surface area contributed by atoms with Crippen molar-refractivity contribution < 1.29 is 30.9 Å². The van der Waals surface area contributed by atoms with Crippen LogP contribution in [0.15, 0.2) is 38.4 Å². The van der Waals surface area contributed by atoms with Crippen LogP contribution in [0.5, 0.6) is 5.75 Å². The Labute approximate surface area is 190 Å². The molecule has 0 saturated carbocycles. The van der Waals surface area contributed by atoms with Gasteiger partial charge in [-0.2, -0.15) is 8.42 Å². The second-order valence-electron chi connectivity index (χ2n) is 8.03. The minimum Gasteiger partial charge on any atom is -0.489 e. The fraction of sp³-hybridized carbons (Fsp3) is 0.350. The van der Waals surface area contributed by atoms with Crippen molar-refractivity contribution in [3.05, 3.63) is 55.5 Å². The quantitative estimate of drug-likeness (QED) is 0.396. The normalized spacial score (nSPS) is 16.8. The van der Waals surface area contributed by atoms with Gasteiger partial charge in [0.05, 0.1) is 23.3 Å². The van der Waals surface area contributed by atoms with Crippen molar-refractivity contribution in [3.63, 3.8) is 0 Å². The smallest absolute Gasteiger partial charge is 0.294 e. The molecule has 1 aliphatic heterocycles. The summed E-state index contributed by atoms with van der Waals surface area (Å²) in [6, 6.07) is 3.73. The van der Waals surface area contributed by atoms with Crippen LogP contribution in [0.4, 0.5) is 5.69 Å². The number of hydrogen-bond donors (Lipinski definition) is 2. The Bertz CT molecular complexity index is 1460. The summed E-state index contributed by atoms with van der Waals surface area (Å²) >= 11 is 0. The summed E-state index contributed by atoms with van der Waals surface area (Å²) in [5, 5.41) is 0. The molecule has 0 aliphatic carbocycles. The molecule has 1 heterocycles. The van der Waals surface area contributed by atoms with E-state index in [1.807, 2.05) is 4.72 Å². The number of anilines is 1. The van der Waals surface area contributed by atoms with Gasteiger partial charge in [0.1, 0.15) is 6.54 Å². The molecule has 3 rings (SSSR count). The highest BCUT2D eigenvalue weighted by Crippen LogP contribution is 2.49. The third kappa shape index (κ3) is 4.56. The Hall–Kier alpha value is -3.03. The van der Waals surface area contributed by atoms with Crippen LogP contribution in [0.25, 0.3) is 6.08 Å². The first-order valence-electron chi connectivity index (χ1n) is 9.66. The van der Waals surface area contributed by atoms with Crippen LogP contribution in [0, 0.1) is 0 Å². The van der Waals surface area contributed by atoms with Gasteiger partial charge in [-0.3, -0.25) is 23.7 Å². The molecule has 0 atom stereocenters. The van der Waals surface area contributed by atoms with Crippen molar-refractivity contribution in [2.24, 2.45) is 0 Å². The predicted octanol–water partition coefficient (Wildman–Crippen LogP) is 0.143. The number of amides is 1. The van der Waals surface area contributed by atoms with E-state index in [9.17, 15) is 35.8 Å². The van der Waals surface area contributed by atoms with E-state index < -0.39 is 48.9 Å². The maximum atomic E-state index is 12.4. The zero-order valence-corrected chi connectivity index (χ0v) is 19.8. The molecule has 0 aromatic heterocycles. The van der Waals surface area contributed by atoms with Gasteiger partial charge in [0, 0.05) is 16.8 Å². The molecular weight excluding hydrogens is 476 g/mol. The maximum Gasteiger partial charge on any atom is 0.294 e. The van der Waals surface area contributed by atoms with Gasteiger partial charge in [-0.05, 0) is 36.8 Å². The molecule has 0 saturated heterocycles. The van der Waals surface area contributed by atoms with Gasteiger partial charge in [0.25, 0.3) is 21.5 Å². The SMILES string of the molecule is CCOc1c(C=C2N(CC(=O)NS(C)(=O)=O)c3ccc(S(=O)(=O)O)cc3C2(C)C)c(=O)c1=O. The Kier molecular flexibility index (Phi) is 6.02. The van der Waals surface area contributed by atoms with Gasteiger partial charge < -0.3 is 9.64 Å². The molecule has 0 bridgehead atoms. The average Bonchev–Trinajstić information content (AvgIpc) is 2.88. The van der Waals surface area contributed by atoms with Crippen LogP contribution in [0.2, 0.25) is 0 Å². The predicted molar refractivity (Wildman–Crippen MR) is 120 cm³/mol. The molecule has 11 nitrogen and oxygen atoms in total. The first kappa shape index (κ1) is 24.6. The summed E-state index contributed by atoms with van der Waals surface area (Å²) in [5.74, 6) is -0.998. The van der Waals surface area contributed by atoms with E-state index in [4.69, 9.17) is 4.74 Å². The van der Waals surface area contributed by atoms with Gasteiger partial charge in [-0.1, -0.05) is 13.8 Å². The number of fused-ring (bicyclic) bond motifs is 1. The summed E-state index contributed by atoms with van der Waals surface area (Å²) in [5.41, 5.74) is -1.51. The summed E-state index contributed by atoms with van der Waals surface area (Å²) in [6.07, 6.45) is 2.19. The maximum absolute atomic E-state index is 12.4. The van der Waals surface area contributed by atoms with Crippen LogP contribution < -0.4 is 25.2 Å². The summed E-state index contributed by atoms with van der Waals surface area (Å²) in [7, 11) is -8.38. The lowest BCUT2D eigenvalue weighted by molar-refractivity contribution is -0.118. The van der Waals surface area contributed by atoms with Crippen molar-refractivity contribution in [1.82, 2.24) is 4.72 Å². The Morgan fingerprint density at radius 1 is 1.18 bits per heavy atom. The Morgan fingerprint density at radius 2 is 1.82 bits per heavy atom. The van der Waals surface area contributed by atoms with Crippen LogP contribution >= 0.6 is 0 Å². The molecule has 1 amide bonds. The average molecular weight is 499 g/mol. The third-order valence-corrected chi connectivity index (χ3v) is 6.68. The standard InChI is InChI=1S/C20H22N2O9S2/c1-5-31-19-12(17(24)18(19)25)9-15-20(2,3)13-8-11(33(28,29)30)6-7-14(13)22(15)10-16(23)21-32(4,26)27/h6-9H,5,10H2,1-4H3,(H,21,23)(H,28,29,30). The Balaban J connectivity index is 2.21. The van der Waals surface area contributed by atoms with Gasteiger partial charge in [-0.25, -0.2) is 8.42 Å². The zero-order chi connectivity index (χ0) is 24.9. The molecule has 0 unspecified atom stereocenters. The number of carbonyl (C=O) groups is 1. The zero-order valence-electron chi connectivity index (χ0n) is 18.2. The number of ether oxygens (including phenoxy) is 1. The largest absolute Gasteiger partial charge is 0.489 e. The van der Waals surface area contributed by atoms with Crippen molar-refractivity contribution in [1.29, 1.82) is 0 Å². The molecule has 13 heteroatoms. The van der Waals surface area contributed by atoms with E-state index in [-0.39, 0.29) is 22.8 Å². The fourth-order valence-electron chi connectivity index (χ4n) is 3.77. The lowest BCUT2D eigenvalue weighted by atomic mass is 9.83. The fourth-order valence-corrected chi connectivity index (χ4v) is 4.76. The van der Waals surface area contributed by atoms with E-state index in [2.05, 4.69) is 0 Å². The highest BCUT2D eigenvalue weighted by Gasteiger charge is 2.42. The molecule has 178 valence electrons. The van der Waals surface area contributed by atoms with Crippen LogP contribution in [0.3, 0.4) is 0 Å². The lowest BCUT2D eigenvalue weighted by Crippen LogP contribution is -2.40. The molecule has 2 aromatic rings. The molecule has 1 aliphatic rings. The van der Waals surface area contributed by atoms with E-state index in [0.29, 0.717) is 16.9 Å². The number of nitrogens with zero attached hydrogens (tertiary/aromatic N) is 1. The number of benzene rings is 1. The number of allylic oxidation sites excluding steroid dienone is 1. The van der Waals surface area contributed by atoms with E-state index in [1.165, 1.54) is 23.1 Å². The monoisotopic (exact) mass is 498 g/mol. The van der Waals surface area contributed by atoms with E-state index in [1.54, 1.807) is 20.8 Å². The van der Waals surface area contributed by atoms with Gasteiger partial charge in [0.15, 0.2) is 5.75 Å². The number of nitrogens with one attached hydrogen (secondary N) is 1. The molecule has 33 heavy (non-hydrogen) atoms. The van der Waals surface area contributed by atoms with Crippen LogP contribution in [-0.4, -0.2) is 46.7 Å². The van der Waals surface area contributed by atoms with Crippen molar-refractivity contribution in [3.8, 4) is 5.75 Å². The summed E-state index contributed by atoms with van der Waals surface area (Å²) in [4.78, 5) is 37.5. The Morgan fingerprint density at radius 3 is 2.36 bits per heavy atom. The molecule has 2 N–H and O–H groups in total. The highest BCUT2D eigenvalue weighted by atomic mass is 32.2. The van der Waals surface area contributed by atoms with Crippen LogP contribution in [0.1, 0.15) is 31.9 Å². The van der Waals surface area contributed by atoms with E-state index >= 15 is 0 Å². The van der Waals surface area contributed by atoms with Crippen molar-refractivity contribution in [2.75, 3.05) is 24.3 Å². The molecule has 0 spiro atoms. The minimum absolute atomic E-state index is 0.0127. The van der Waals surface area contributed by atoms with E-state index in [0.717, 1.165) is 12.3 Å². The number of hydrogen-bond acceptors (Lipinski definition) is 9. The number of sulfonamides is 1. The third-order valence-electron chi connectivity index (χ3n) is 5.23. The first-order valence-corrected chi connectivity index (χ1v) is 13.0. The second-order valence-corrected chi connectivity index (χ2v) is 11.2. The van der Waals surface area contributed by atoms with Crippen LogP contribution in [-0.2, 0) is 30.4 Å².